The number of benzene rings is 2. The maximum Gasteiger partial charge on any atom is 0.295 e. The van der Waals surface area contributed by atoms with Gasteiger partial charge in [0.25, 0.3) is 11.7 Å². The van der Waals surface area contributed by atoms with Crippen molar-refractivity contribution in [3.8, 4) is 11.5 Å². The van der Waals surface area contributed by atoms with Crippen molar-refractivity contribution in [1.82, 2.24) is 4.90 Å². The number of carbonyl (C=O) groups excluding carboxylic acids is 2. The van der Waals surface area contributed by atoms with Gasteiger partial charge in [-0.2, -0.15) is 0 Å². The van der Waals surface area contributed by atoms with Gasteiger partial charge in [0, 0.05) is 25.8 Å². The fraction of sp³-hybridized carbons (Fsp3) is 0.484. The molecule has 7 nitrogen and oxygen atoms in total. The molecule has 1 fully saturated rings. The third-order valence-corrected chi connectivity index (χ3v) is 6.70. The molecule has 7 heteroatoms. The lowest BCUT2D eigenvalue weighted by Crippen LogP contribution is -2.31. The maximum atomic E-state index is 13.3. The summed E-state index contributed by atoms with van der Waals surface area (Å²) >= 11 is 0. The van der Waals surface area contributed by atoms with Crippen LogP contribution < -0.4 is 9.47 Å². The summed E-state index contributed by atoms with van der Waals surface area (Å²) in [5, 5.41) is 11.4. The first kappa shape index (κ1) is 29.2. The zero-order chi connectivity index (χ0) is 27.5. The van der Waals surface area contributed by atoms with Gasteiger partial charge in [0.05, 0.1) is 24.8 Å². The molecule has 1 N–H and O–H groups in total. The van der Waals surface area contributed by atoms with E-state index in [4.69, 9.17) is 14.2 Å². The summed E-state index contributed by atoms with van der Waals surface area (Å²) in [6.07, 6.45) is 5.78. The number of amides is 1. The number of methoxy groups -OCH3 is 1. The summed E-state index contributed by atoms with van der Waals surface area (Å²) in [5.41, 5.74) is 2.14. The quantitative estimate of drug-likeness (QED) is 0.129. The molecule has 0 aliphatic carbocycles. The van der Waals surface area contributed by atoms with Gasteiger partial charge >= 0.3 is 0 Å². The molecule has 1 heterocycles. The monoisotopic (exact) mass is 523 g/mol. The molecular formula is C31H41NO6. The fourth-order valence-corrected chi connectivity index (χ4v) is 4.57. The number of aliphatic hydroxyl groups excluding tert-OH is 1. The molecule has 0 spiro atoms. The number of Topliss-reactive ketones (excluding diaryl/α,β-unsaturated/α-hetero) is 1. The lowest BCUT2D eigenvalue weighted by Gasteiger charge is -2.25. The Morgan fingerprint density at radius 1 is 0.895 bits per heavy atom. The third kappa shape index (κ3) is 7.16. The number of carbonyl (C=O) groups is 2. The number of nitrogens with zero attached hydrogens (tertiary/aromatic N) is 1. The van der Waals surface area contributed by atoms with Gasteiger partial charge in [-0.1, -0.05) is 45.2 Å². The summed E-state index contributed by atoms with van der Waals surface area (Å²) in [6.45, 7) is 8.20. The molecule has 1 aliphatic rings. The van der Waals surface area contributed by atoms with E-state index < -0.39 is 17.7 Å². The van der Waals surface area contributed by atoms with E-state index in [0.717, 1.165) is 54.7 Å². The average molecular weight is 524 g/mol. The van der Waals surface area contributed by atoms with Gasteiger partial charge in [0.2, 0.25) is 0 Å². The van der Waals surface area contributed by atoms with Gasteiger partial charge in [-0.15, -0.1) is 0 Å². The second-order valence-electron chi connectivity index (χ2n) is 9.65. The van der Waals surface area contributed by atoms with E-state index in [2.05, 4.69) is 13.8 Å². The van der Waals surface area contributed by atoms with Crippen LogP contribution in [0.3, 0.4) is 0 Å². The summed E-state index contributed by atoms with van der Waals surface area (Å²) < 4.78 is 16.8. The molecule has 1 saturated heterocycles. The second kappa shape index (κ2) is 14.6. The van der Waals surface area contributed by atoms with Crippen molar-refractivity contribution in [1.29, 1.82) is 0 Å². The molecule has 0 aromatic heterocycles. The minimum atomic E-state index is -0.707. The van der Waals surface area contributed by atoms with Crippen LogP contribution in [0.15, 0.2) is 48.0 Å². The van der Waals surface area contributed by atoms with Crippen molar-refractivity contribution in [2.24, 2.45) is 0 Å². The molecule has 0 saturated carbocycles. The Labute approximate surface area is 226 Å². The summed E-state index contributed by atoms with van der Waals surface area (Å²) in [5.74, 6) is -0.0308. The van der Waals surface area contributed by atoms with Crippen molar-refractivity contribution in [3.05, 3.63) is 64.7 Å². The Balaban J connectivity index is 1.95. The number of hydrogen-bond donors (Lipinski definition) is 1. The predicted octanol–water partition coefficient (Wildman–Crippen LogP) is 6.20. The number of rotatable bonds is 15. The standard InChI is InChI=1S/C31H41NO6/c1-5-7-9-20-37-25-14-11-23(12-15-25)28-27(30(34)31(35)32(28)17-10-18-36-4)29(33)24-13-16-26(22(3)21-24)38-19-8-6-2/h11-16,21,28,33H,5-10,17-20H2,1-4H3/b29-27+. The normalized spacial score (nSPS) is 16.7. The molecule has 0 bridgehead atoms. The lowest BCUT2D eigenvalue weighted by atomic mass is 9.94. The van der Waals surface area contributed by atoms with Crippen LogP contribution >= 0.6 is 0 Å². The molecule has 1 amide bonds. The smallest absolute Gasteiger partial charge is 0.295 e. The Bertz CT molecular complexity index is 1110. The topological polar surface area (TPSA) is 85.3 Å². The van der Waals surface area contributed by atoms with Crippen molar-refractivity contribution in [2.45, 2.75) is 65.3 Å². The number of ether oxygens (including phenoxy) is 3. The second-order valence-corrected chi connectivity index (χ2v) is 9.65. The van der Waals surface area contributed by atoms with Crippen LogP contribution in [-0.2, 0) is 14.3 Å². The summed E-state index contributed by atoms with van der Waals surface area (Å²) in [7, 11) is 1.60. The van der Waals surface area contributed by atoms with Crippen molar-refractivity contribution in [3.63, 3.8) is 0 Å². The highest BCUT2D eigenvalue weighted by Gasteiger charge is 2.45. The molecule has 0 radical (unpaired) electrons. The highest BCUT2D eigenvalue weighted by Crippen LogP contribution is 2.40. The van der Waals surface area contributed by atoms with E-state index in [0.29, 0.717) is 38.3 Å². The van der Waals surface area contributed by atoms with Crippen LogP contribution in [0.1, 0.15) is 75.1 Å². The third-order valence-electron chi connectivity index (χ3n) is 6.70. The summed E-state index contributed by atoms with van der Waals surface area (Å²) in [4.78, 5) is 27.9. The van der Waals surface area contributed by atoms with E-state index in [1.807, 2.05) is 31.2 Å². The zero-order valence-corrected chi connectivity index (χ0v) is 23.1. The molecule has 1 aliphatic heterocycles. The van der Waals surface area contributed by atoms with Crippen molar-refractivity contribution in [2.75, 3.05) is 33.5 Å². The summed E-state index contributed by atoms with van der Waals surface area (Å²) in [6, 6.07) is 12.0. The van der Waals surface area contributed by atoms with Gasteiger partial charge in [0.15, 0.2) is 0 Å². The number of hydrogen-bond acceptors (Lipinski definition) is 6. The van der Waals surface area contributed by atoms with Crippen LogP contribution in [0.25, 0.3) is 5.76 Å². The Hall–Kier alpha value is -3.32. The number of likely N-dealkylation sites (tertiary alicyclic amines) is 1. The van der Waals surface area contributed by atoms with Gasteiger partial charge < -0.3 is 24.2 Å². The number of unbranched alkanes of at least 4 members (excludes halogenated alkanes) is 3. The van der Waals surface area contributed by atoms with Crippen molar-refractivity contribution < 1.29 is 28.9 Å². The van der Waals surface area contributed by atoms with E-state index in [1.54, 1.807) is 25.3 Å². The fourth-order valence-electron chi connectivity index (χ4n) is 4.57. The molecule has 2 aromatic carbocycles. The van der Waals surface area contributed by atoms with Crippen LogP contribution in [0, 0.1) is 6.92 Å². The average Bonchev–Trinajstić information content (AvgIpc) is 3.17. The van der Waals surface area contributed by atoms with Gasteiger partial charge in [-0.3, -0.25) is 9.59 Å². The largest absolute Gasteiger partial charge is 0.507 e. The van der Waals surface area contributed by atoms with Gasteiger partial charge in [0.1, 0.15) is 17.3 Å². The van der Waals surface area contributed by atoms with E-state index in [-0.39, 0.29) is 11.3 Å². The first-order valence-corrected chi connectivity index (χ1v) is 13.7. The number of ketones is 1. The zero-order valence-electron chi connectivity index (χ0n) is 23.1. The Kier molecular flexibility index (Phi) is 11.2. The van der Waals surface area contributed by atoms with E-state index >= 15 is 0 Å². The predicted molar refractivity (Wildman–Crippen MR) is 149 cm³/mol. The Morgan fingerprint density at radius 3 is 2.26 bits per heavy atom. The minimum Gasteiger partial charge on any atom is -0.507 e. The lowest BCUT2D eigenvalue weighted by molar-refractivity contribution is -0.140. The minimum absolute atomic E-state index is 0.0862. The molecule has 206 valence electrons. The number of aryl methyl sites for hydroxylation is 1. The first-order chi connectivity index (χ1) is 18.4. The number of aliphatic hydroxyl groups is 1. The van der Waals surface area contributed by atoms with Crippen molar-refractivity contribution >= 4 is 17.4 Å². The van der Waals surface area contributed by atoms with Gasteiger partial charge in [-0.25, -0.2) is 0 Å². The molecule has 1 atom stereocenters. The maximum absolute atomic E-state index is 13.3. The molecule has 2 aromatic rings. The van der Waals surface area contributed by atoms with Gasteiger partial charge in [-0.05, 0) is 67.6 Å². The Morgan fingerprint density at radius 2 is 1.61 bits per heavy atom. The van der Waals surface area contributed by atoms with Crippen LogP contribution in [0.5, 0.6) is 11.5 Å². The molecule has 3 rings (SSSR count). The van der Waals surface area contributed by atoms with E-state index in [1.165, 1.54) is 4.90 Å². The SMILES string of the molecule is CCCCCOc1ccc(C2/C(=C(\O)c3ccc(OCCCC)c(C)c3)C(=O)C(=O)N2CCCOC)cc1. The highest BCUT2D eigenvalue weighted by molar-refractivity contribution is 6.46. The van der Waals surface area contributed by atoms with E-state index in [9.17, 15) is 14.7 Å². The molecule has 38 heavy (non-hydrogen) atoms. The van der Waals surface area contributed by atoms with Crippen LogP contribution in [0.4, 0.5) is 0 Å². The molecular weight excluding hydrogens is 482 g/mol. The van der Waals surface area contributed by atoms with Crippen LogP contribution in [0.2, 0.25) is 0 Å². The van der Waals surface area contributed by atoms with Crippen LogP contribution in [-0.4, -0.2) is 55.2 Å². The first-order valence-electron chi connectivity index (χ1n) is 13.7. The molecule has 1 unspecified atom stereocenters. The highest BCUT2D eigenvalue weighted by atomic mass is 16.5.